The quantitative estimate of drug-likeness (QED) is 0.702. The molecule has 1 aromatic heterocycles. The average Bonchev–Trinajstić information content (AvgIpc) is 2.89. The standard InChI is InChI=1S/C20H20F3N3S/c21-20(22,23)15-6-3-5-14(13-15)18(26-11-4-9-24-10-12-26)19-25-16-7-1-2-8-17(16)27-19/h1-3,5-8,13,18,24H,4,9-12H2. The Bertz CT molecular complexity index is 881. The van der Waals surface area contributed by atoms with Crippen LogP contribution in [0.4, 0.5) is 13.2 Å². The highest BCUT2D eigenvalue weighted by molar-refractivity contribution is 7.18. The Morgan fingerprint density at radius 1 is 1.04 bits per heavy atom. The molecule has 27 heavy (non-hydrogen) atoms. The number of para-hydroxylation sites is 1. The number of benzene rings is 2. The normalized spacial score (nSPS) is 17.7. The van der Waals surface area contributed by atoms with Crippen LogP contribution >= 0.6 is 11.3 Å². The third-order valence-corrected chi connectivity index (χ3v) is 5.90. The van der Waals surface area contributed by atoms with E-state index in [9.17, 15) is 13.2 Å². The Labute approximate surface area is 159 Å². The van der Waals surface area contributed by atoms with Gasteiger partial charge in [0.2, 0.25) is 0 Å². The van der Waals surface area contributed by atoms with Gasteiger partial charge in [-0.3, -0.25) is 4.90 Å². The van der Waals surface area contributed by atoms with Crippen molar-refractivity contribution in [1.82, 2.24) is 15.2 Å². The smallest absolute Gasteiger partial charge is 0.315 e. The molecule has 0 aliphatic carbocycles. The number of alkyl halides is 3. The Hall–Kier alpha value is -1.96. The zero-order chi connectivity index (χ0) is 18.9. The van der Waals surface area contributed by atoms with Gasteiger partial charge in [0.25, 0.3) is 0 Å². The monoisotopic (exact) mass is 391 g/mol. The number of halogens is 3. The van der Waals surface area contributed by atoms with E-state index in [0.717, 1.165) is 53.9 Å². The maximum Gasteiger partial charge on any atom is 0.416 e. The number of nitrogens with zero attached hydrogens (tertiary/aromatic N) is 2. The molecular weight excluding hydrogens is 371 g/mol. The van der Waals surface area contributed by atoms with Crippen molar-refractivity contribution in [2.75, 3.05) is 26.2 Å². The number of thiazole rings is 1. The van der Waals surface area contributed by atoms with Crippen molar-refractivity contribution in [1.29, 1.82) is 0 Å². The molecule has 1 fully saturated rings. The van der Waals surface area contributed by atoms with Gasteiger partial charge in [-0.25, -0.2) is 4.98 Å². The lowest BCUT2D eigenvalue weighted by Gasteiger charge is -2.29. The number of aromatic nitrogens is 1. The van der Waals surface area contributed by atoms with Gasteiger partial charge >= 0.3 is 6.18 Å². The van der Waals surface area contributed by atoms with Crippen molar-refractivity contribution < 1.29 is 13.2 Å². The molecule has 0 radical (unpaired) electrons. The van der Waals surface area contributed by atoms with Gasteiger partial charge in [0.05, 0.1) is 21.8 Å². The maximum atomic E-state index is 13.3. The highest BCUT2D eigenvalue weighted by Gasteiger charge is 2.33. The third-order valence-electron chi connectivity index (χ3n) is 4.81. The molecule has 1 aliphatic rings. The predicted octanol–water partition coefficient (Wildman–Crippen LogP) is 4.70. The van der Waals surface area contributed by atoms with E-state index in [-0.39, 0.29) is 6.04 Å². The molecule has 0 spiro atoms. The van der Waals surface area contributed by atoms with Crippen molar-refractivity contribution in [3.63, 3.8) is 0 Å². The minimum absolute atomic E-state index is 0.274. The number of nitrogens with one attached hydrogen (secondary N) is 1. The topological polar surface area (TPSA) is 28.2 Å². The number of hydrogen-bond acceptors (Lipinski definition) is 4. The summed E-state index contributed by atoms with van der Waals surface area (Å²) in [7, 11) is 0. The van der Waals surface area contributed by atoms with E-state index in [2.05, 4.69) is 10.2 Å². The van der Waals surface area contributed by atoms with E-state index in [1.807, 2.05) is 24.3 Å². The number of hydrogen-bond donors (Lipinski definition) is 1. The van der Waals surface area contributed by atoms with E-state index in [1.165, 1.54) is 12.1 Å². The molecule has 1 unspecified atom stereocenters. The Morgan fingerprint density at radius 2 is 1.89 bits per heavy atom. The van der Waals surface area contributed by atoms with Crippen molar-refractivity contribution in [3.8, 4) is 0 Å². The summed E-state index contributed by atoms with van der Waals surface area (Å²) in [6.45, 7) is 3.34. The summed E-state index contributed by atoms with van der Waals surface area (Å²) in [6.07, 6.45) is -3.39. The molecule has 3 aromatic rings. The van der Waals surface area contributed by atoms with Crippen molar-refractivity contribution in [2.45, 2.75) is 18.6 Å². The first-order valence-corrected chi connectivity index (χ1v) is 9.81. The minimum atomic E-state index is -4.35. The first-order chi connectivity index (χ1) is 13.0. The third kappa shape index (κ3) is 4.00. The molecule has 0 amide bonds. The molecule has 0 bridgehead atoms. The Kier molecular flexibility index (Phi) is 5.16. The maximum absolute atomic E-state index is 13.3. The summed E-state index contributed by atoms with van der Waals surface area (Å²) in [4.78, 5) is 7.01. The van der Waals surface area contributed by atoms with Gasteiger partial charge in [-0.05, 0) is 42.8 Å². The van der Waals surface area contributed by atoms with E-state index < -0.39 is 11.7 Å². The van der Waals surface area contributed by atoms with Gasteiger partial charge in [-0.15, -0.1) is 11.3 Å². The van der Waals surface area contributed by atoms with Crippen LogP contribution in [0.2, 0.25) is 0 Å². The molecule has 0 saturated carbocycles. The Morgan fingerprint density at radius 3 is 2.70 bits per heavy atom. The van der Waals surface area contributed by atoms with Gasteiger partial charge in [0.15, 0.2) is 0 Å². The zero-order valence-corrected chi connectivity index (χ0v) is 15.5. The average molecular weight is 391 g/mol. The summed E-state index contributed by atoms with van der Waals surface area (Å²) in [5.41, 5.74) is 0.923. The van der Waals surface area contributed by atoms with E-state index in [0.29, 0.717) is 5.56 Å². The van der Waals surface area contributed by atoms with Crippen LogP contribution in [0.25, 0.3) is 10.2 Å². The van der Waals surface area contributed by atoms with Crippen LogP contribution in [0.3, 0.4) is 0 Å². The van der Waals surface area contributed by atoms with Crippen molar-refractivity contribution in [3.05, 3.63) is 64.7 Å². The fraction of sp³-hybridized carbons (Fsp3) is 0.350. The van der Waals surface area contributed by atoms with Gasteiger partial charge in [-0.1, -0.05) is 24.3 Å². The second kappa shape index (κ2) is 7.58. The van der Waals surface area contributed by atoms with Crippen LogP contribution in [0, 0.1) is 0 Å². The fourth-order valence-electron chi connectivity index (χ4n) is 3.53. The highest BCUT2D eigenvalue weighted by Crippen LogP contribution is 2.37. The highest BCUT2D eigenvalue weighted by atomic mass is 32.1. The van der Waals surface area contributed by atoms with Crippen molar-refractivity contribution >= 4 is 21.6 Å². The molecule has 142 valence electrons. The van der Waals surface area contributed by atoms with Gasteiger partial charge in [0, 0.05) is 19.6 Å². The van der Waals surface area contributed by atoms with Crippen LogP contribution in [-0.2, 0) is 6.18 Å². The van der Waals surface area contributed by atoms with Gasteiger partial charge in [-0.2, -0.15) is 13.2 Å². The second-order valence-corrected chi connectivity index (χ2v) is 7.75. The van der Waals surface area contributed by atoms with Crippen LogP contribution in [0.15, 0.2) is 48.5 Å². The zero-order valence-electron chi connectivity index (χ0n) is 14.7. The predicted molar refractivity (Wildman–Crippen MR) is 102 cm³/mol. The summed E-state index contributed by atoms with van der Waals surface area (Å²) in [6, 6.07) is 13.2. The van der Waals surface area contributed by atoms with E-state index in [4.69, 9.17) is 4.98 Å². The first kappa shape index (κ1) is 18.4. The van der Waals surface area contributed by atoms with Crippen molar-refractivity contribution in [2.24, 2.45) is 0 Å². The molecule has 2 aromatic carbocycles. The molecule has 3 nitrogen and oxygen atoms in total. The lowest BCUT2D eigenvalue weighted by Crippen LogP contribution is -2.33. The Balaban J connectivity index is 1.80. The second-order valence-electron chi connectivity index (χ2n) is 6.69. The fourth-order valence-corrected chi connectivity index (χ4v) is 4.66. The molecule has 1 aliphatic heterocycles. The molecule has 1 N–H and O–H groups in total. The lowest BCUT2D eigenvalue weighted by atomic mass is 10.0. The number of rotatable bonds is 3. The van der Waals surface area contributed by atoms with Crippen LogP contribution < -0.4 is 5.32 Å². The van der Waals surface area contributed by atoms with E-state index >= 15 is 0 Å². The van der Waals surface area contributed by atoms with Crippen LogP contribution in [0.5, 0.6) is 0 Å². The lowest BCUT2D eigenvalue weighted by molar-refractivity contribution is -0.137. The summed E-state index contributed by atoms with van der Waals surface area (Å²) in [5, 5.41) is 4.20. The van der Waals surface area contributed by atoms with Gasteiger partial charge < -0.3 is 5.32 Å². The number of fused-ring (bicyclic) bond motifs is 1. The molecule has 4 rings (SSSR count). The van der Waals surface area contributed by atoms with E-state index in [1.54, 1.807) is 17.4 Å². The van der Waals surface area contributed by atoms with Gasteiger partial charge in [0.1, 0.15) is 5.01 Å². The molecule has 7 heteroatoms. The van der Waals surface area contributed by atoms with Crippen LogP contribution in [-0.4, -0.2) is 36.1 Å². The first-order valence-electron chi connectivity index (χ1n) is 9.00. The summed E-state index contributed by atoms with van der Waals surface area (Å²) in [5.74, 6) is 0. The van der Waals surface area contributed by atoms with Crippen LogP contribution in [0.1, 0.15) is 28.6 Å². The SMILES string of the molecule is FC(F)(F)c1cccc(C(c2nc3ccccc3s2)N2CCCNCC2)c1. The molecule has 1 atom stereocenters. The largest absolute Gasteiger partial charge is 0.416 e. The molecule has 1 saturated heterocycles. The minimum Gasteiger partial charge on any atom is -0.315 e. The summed E-state index contributed by atoms with van der Waals surface area (Å²) < 4.78 is 40.9. The molecular formula is C20H20F3N3S. The molecule has 2 heterocycles. The summed E-state index contributed by atoms with van der Waals surface area (Å²) >= 11 is 1.56.